The van der Waals surface area contributed by atoms with Gasteiger partial charge in [-0.05, 0) is 36.2 Å². The lowest BCUT2D eigenvalue weighted by Crippen LogP contribution is -2.62. The van der Waals surface area contributed by atoms with E-state index in [9.17, 15) is 14.0 Å². The van der Waals surface area contributed by atoms with E-state index in [1.54, 1.807) is 12.3 Å². The average Bonchev–Trinajstić information content (AvgIpc) is 3.61. The first-order chi connectivity index (χ1) is 17.5. The van der Waals surface area contributed by atoms with E-state index in [0.717, 1.165) is 35.0 Å². The Bertz CT molecular complexity index is 1440. The van der Waals surface area contributed by atoms with Crippen LogP contribution in [0, 0.1) is 5.82 Å². The number of carbonyl (C=O) groups excluding carboxylic acids is 2. The molecule has 0 bridgehead atoms. The summed E-state index contributed by atoms with van der Waals surface area (Å²) >= 11 is 1.37. The van der Waals surface area contributed by atoms with Crippen molar-refractivity contribution in [1.82, 2.24) is 24.7 Å². The van der Waals surface area contributed by atoms with Crippen LogP contribution >= 0.6 is 11.3 Å². The minimum Gasteiger partial charge on any atom is -0.350 e. The molecule has 2 aliphatic heterocycles. The minimum absolute atomic E-state index is 0.00339. The molecule has 9 heteroatoms. The van der Waals surface area contributed by atoms with E-state index in [2.05, 4.69) is 10.3 Å². The normalized spacial score (nSPS) is 18.1. The van der Waals surface area contributed by atoms with Gasteiger partial charge in [-0.3, -0.25) is 9.59 Å². The van der Waals surface area contributed by atoms with Crippen LogP contribution in [0.3, 0.4) is 0 Å². The van der Waals surface area contributed by atoms with Gasteiger partial charge < -0.3 is 19.7 Å². The highest BCUT2D eigenvalue weighted by Crippen LogP contribution is 2.31. The Morgan fingerprint density at radius 3 is 2.67 bits per heavy atom. The van der Waals surface area contributed by atoms with E-state index >= 15 is 0 Å². The van der Waals surface area contributed by atoms with Crippen molar-refractivity contribution < 1.29 is 14.0 Å². The second-order valence-corrected chi connectivity index (χ2v) is 10.4. The van der Waals surface area contributed by atoms with E-state index in [-0.39, 0.29) is 29.7 Å². The molecule has 0 aliphatic carbocycles. The molecule has 2 aromatic carbocycles. The molecule has 36 heavy (non-hydrogen) atoms. The highest BCUT2D eigenvalue weighted by atomic mass is 32.1. The fraction of sp³-hybridized carbons (Fsp3) is 0.296. The number of nitrogens with one attached hydrogen (secondary N) is 1. The zero-order valence-corrected chi connectivity index (χ0v) is 20.7. The average molecular weight is 504 g/mol. The first-order valence-corrected chi connectivity index (χ1v) is 12.9. The van der Waals surface area contributed by atoms with Crippen LogP contribution in [0.4, 0.5) is 4.39 Å². The van der Waals surface area contributed by atoms with Crippen molar-refractivity contribution in [1.29, 1.82) is 0 Å². The van der Waals surface area contributed by atoms with Gasteiger partial charge in [-0.2, -0.15) is 0 Å². The Labute approximate surface area is 212 Å². The highest BCUT2D eigenvalue weighted by Gasteiger charge is 2.35. The van der Waals surface area contributed by atoms with Crippen LogP contribution in [-0.2, 0) is 7.05 Å². The smallest absolute Gasteiger partial charge is 0.282 e. The number of amides is 2. The standard InChI is InChI=1S/C27H26FN5O2S/c1-31-16-23(17-3-2-4-19(28)11-17)22-6-5-18(12-24(22)31)26(34)33-14-21(15-33)30-20-7-9-32(13-20)27(35)25-29-8-10-36-25/h2-6,8,10-12,16,20-21,30H,7,9,13-15H2,1H3/t20-/m0/s1. The first kappa shape index (κ1) is 22.9. The molecule has 7 nitrogen and oxygen atoms in total. The summed E-state index contributed by atoms with van der Waals surface area (Å²) in [6, 6.07) is 12.7. The largest absolute Gasteiger partial charge is 0.350 e. The van der Waals surface area contributed by atoms with Crippen molar-refractivity contribution in [2.75, 3.05) is 26.2 Å². The monoisotopic (exact) mass is 503 g/mol. The molecule has 4 aromatic rings. The summed E-state index contributed by atoms with van der Waals surface area (Å²) in [6.07, 6.45) is 4.53. The summed E-state index contributed by atoms with van der Waals surface area (Å²) in [4.78, 5) is 33.5. The van der Waals surface area contributed by atoms with Crippen molar-refractivity contribution in [3.8, 4) is 11.1 Å². The van der Waals surface area contributed by atoms with Crippen molar-refractivity contribution >= 4 is 34.1 Å². The number of aryl methyl sites for hydroxylation is 1. The lowest BCUT2D eigenvalue weighted by atomic mass is 10.0. The number of halogens is 1. The fourth-order valence-corrected chi connectivity index (χ4v) is 5.82. The maximum absolute atomic E-state index is 13.8. The maximum Gasteiger partial charge on any atom is 0.282 e. The second kappa shape index (κ2) is 9.15. The third-order valence-corrected chi connectivity index (χ3v) is 7.87. The zero-order chi connectivity index (χ0) is 24.8. The molecule has 4 heterocycles. The molecular weight excluding hydrogens is 477 g/mol. The molecule has 2 aromatic heterocycles. The highest BCUT2D eigenvalue weighted by molar-refractivity contribution is 7.11. The summed E-state index contributed by atoms with van der Waals surface area (Å²) in [6.45, 7) is 2.69. The second-order valence-electron chi connectivity index (χ2n) is 9.54. The number of aromatic nitrogens is 2. The van der Waals surface area contributed by atoms with Gasteiger partial charge in [0.25, 0.3) is 11.8 Å². The summed E-state index contributed by atoms with van der Waals surface area (Å²) in [5.41, 5.74) is 3.34. The van der Waals surface area contributed by atoms with Gasteiger partial charge in [-0.25, -0.2) is 9.37 Å². The molecule has 0 spiro atoms. The number of benzene rings is 2. The molecule has 2 fully saturated rings. The van der Waals surface area contributed by atoms with Gasteiger partial charge in [-0.15, -0.1) is 11.3 Å². The van der Waals surface area contributed by atoms with Crippen LogP contribution in [0.15, 0.2) is 60.2 Å². The summed E-state index contributed by atoms with van der Waals surface area (Å²) in [5.74, 6) is -0.263. The van der Waals surface area contributed by atoms with Gasteiger partial charge in [-0.1, -0.05) is 18.2 Å². The molecule has 2 aliphatic rings. The summed E-state index contributed by atoms with van der Waals surface area (Å²) < 4.78 is 15.7. The van der Waals surface area contributed by atoms with Gasteiger partial charge in [0.05, 0.1) is 0 Å². The molecule has 1 N–H and O–H groups in total. The molecule has 0 radical (unpaired) electrons. The predicted octanol–water partition coefficient (Wildman–Crippen LogP) is 3.77. The molecule has 0 unspecified atom stereocenters. The zero-order valence-electron chi connectivity index (χ0n) is 19.9. The van der Waals surface area contributed by atoms with E-state index in [0.29, 0.717) is 30.2 Å². The minimum atomic E-state index is -0.270. The molecule has 0 saturated carbocycles. The number of fused-ring (bicyclic) bond motifs is 1. The van der Waals surface area contributed by atoms with Gasteiger partial charge >= 0.3 is 0 Å². The van der Waals surface area contributed by atoms with Crippen molar-refractivity contribution in [3.05, 3.63) is 76.6 Å². The predicted molar refractivity (Wildman–Crippen MR) is 138 cm³/mol. The van der Waals surface area contributed by atoms with E-state index < -0.39 is 0 Å². The Kier molecular flexibility index (Phi) is 5.81. The Morgan fingerprint density at radius 2 is 1.89 bits per heavy atom. The number of likely N-dealkylation sites (tertiary alicyclic amines) is 2. The van der Waals surface area contributed by atoms with E-state index in [1.807, 2.05) is 57.3 Å². The molecular formula is C27H26FN5O2S. The Morgan fingerprint density at radius 1 is 1.06 bits per heavy atom. The lowest BCUT2D eigenvalue weighted by molar-refractivity contribution is 0.0553. The number of hydrogen-bond donors (Lipinski definition) is 1. The van der Waals surface area contributed by atoms with Crippen molar-refractivity contribution in [2.45, 2.75) is 18.5 Å². The van der Waals surface area contributed by atoms with E-state index in [4.69, 9.17) is 0 Å². The van der Waals surface area contributed by atoms with Gasteiger partial charge in [0.1, 0.15) is 5.82 Å². The van der Waals surface area contributed by atoms with Gasteiger partial charge in [0, 0.05) is 85.1 Å². The number of nitrogens with zero attached hydrogens (tertiary/aromatic N) is 4. The number of rotatable bonds is 5. The van der Waals surface area contributed by atoms with Gasteiger partial charge in [0.15, 0.2) is 5.01 Å². The molecule has 2 amide bonds. The third-order valence-electron chi connectivity index (χ3n) is 7.10. The van der Waals surface area contributed by atoms with Gasteiger partial charge in [0.2, 0.25) is 0 Å². The van der Waals surface area contributed by atoms with Crippen LogP contribution in [0.5, 0.6) is 0 Å². The van der Waals surface area contributed by atoms with Crippen LogP contribution in [0.1, 0.15) is 26.6 Å². The number of thiazole rings is 1. The summed E-state index contributed by atoms with van der Waals surface area (Å²) in [5, 5.41) is 6.95. The summed E-state index contributed by atoms with van der Waals surface area (Å²) in [7, 11) is 1.94. The van der Waals surface area contributed by atoms with Crippen LogP contribution in [0.2, 0.25) is 0 Å². The Balaban J connectivity index is 1.08. The maximum atomic E-state index is 13.8. The number of carbonyl (C=O) groups is 2. The first-order valence-electron chi connectivity index (χ1n) is 12.1. The molecule has 6 rings (SSSR count). The molecule has 184 valence electrons. The fourth-order valence-electron chi connectivity index (χ4n) is 5.21. The van der Waals surface area contributed by atoms with Crippen LogP contribution in [0.25, 0.3) is 22.0 Å². The lowest BCUT2D eigenvalue weighted by Gasteiger charge is -2.41. The van der Waals surface area contributed by atoms with Crippen molar-refractivity contribution in [2.24, 2.45) is 7.05 Å². The molecule has 2 saturated heterocycles. The van der Waals surface area contributed by atoms with Crippen molar-refractivity contribution in [3.63, 3.8) is 0 Å². The Hall–Kier alpha value is -3.56. The third kappa shape index (κ3) is 4.18. The number of hydrogen-bond acceptors (Lipinski definition) is 5. The van der Waals surface area contributed by atoms with E-state index in [1.165, 1.54) is 23.5 Å². The van der Waals surface area contributed by atoms with Crippen LogP contribution < -0.4 is 5.32 Å². The molecule has 1 atom stereocenters. The van der Waals surface area contributed by atoms with Crippen LogP contribution in [-0.4, -0.2) is 69.4 Å². The topological polar surface area (TPSA) is 70.5 Å². The SMILES string of the molecule is Cn1cc(-c2cccc(F)c2)c2ccc(C(=O)N3CC(N[C@H]4CCN(C(=O)c5nccs5)C4)C3)cc21. The quantitative estimate of drug-likeness (QED) is 0.450.